The van der Waals surface area contributed by atoms with Gasteiger partial charge in [-0.15, -0.1) is 11.3 Å². The molecule has 0 unspecified atom stereocenters. The molecule has 0 spiro atoms. The van der Waals surface area contributed by atoms with Crippen molar-refractivity contribution in [1.29, 1.82) is 0 Å². The Morgan fingerprint density at radius 2 is 1.85 bits per heavy atom. The number of hydrogen-bond donors (Lipinski definition) is 2. The topological polar surface area (TPSA) is 62.7 Å². The second-order valence-electron chi connectivity index (χ2n) is 6.61. The van der Waals surface area contributed by atoms with E-state index in [9.17, 15) is 0 Å². The van der Waals surface area contributed by atoms with Crippen molar-refractivity contribution in [2.75, 3.05) is 10.6 Å². The van der Waals surface area contributed by atoms with Crippen molar-refractivity contribution in [3.63, 3.8) is 0 Å². The molecule has 1 fully saturated rings. The third-order valence-electron chi connectivity index (χ3n) is 4.61. The van der Waals surface area contributed by atoms with Gasteiger partial charge in [0, 0.05) is 23.2 Å². The molecule has 0 saturated heterocycles. The number of anilines is 2. The van der Waals surface area contributed by atoms with Gasteiger partial charge >= 0.3 is 0 Å². The van der Waals surface area contributed by atoms with E-state index in [1.54, 1.807) is 17.5 Å². The van der Waals surface area contributed by atoms with E-state index in [0.717, 1.165) is 22.1 Å². The fourth-order valence-electron chi connectivity index (χ4n) is 3.25. The summed E-state index contributed by atoms with van der Waals surface area (Å²) in [5.41, 5.74) is 2.15. The van der Waals surface area contributed by atoms with Gasteiger partial charge in [0.25, 0.3) is 0 Å². The van der Waals surface area contributed by atoms with Crippen LogP contribution in [0.3, 0.4) is 0 Å². The first kappa shape index (κ1) is 17.0. The van der Waals surface area contributed by atoms with Crippen molar-refractivity contribution in [2.45, 2.75) is 44.7 Å². The fourth-order valence-corrected chi connectivity index (χ4v) is 4.08. The number of benzene rings is 1. The van der Waals surface area contributed by atoms with Gasteiger partial charge in [0.1, 0.15) is 10.8 Å². The Hall–Kier alpha value is -2.47. The van der Waals surface area contributed by atoms with Crippen LogP contribution in [0.15, 0.2) is 48.0 Å². The van der Waals surface area contributed by atoms with Crippen LogP contribution in [-0.4, -0.2) is 21.0 Å². The maximum atomic E-state index is 4.70. The molecule has 6 heteroatoms. The van der Waals surface area contributed by atoms with Crippen LogP contribution in [0, 0.1) is 0 Å². The lowest BCUT2D eigenvalue weighted by molar-refractivity contribution is 0.462. The van der Waals surface area contributed by atoms with E-state index in [-0.39, 0.29) is 0 Å². The molecule has 1 aliphatic carbocycles. The van der Waals surface area contributed by atoms with Crippen LogP contribution in [0.5, 0.6) is 0 Å². The van der Waals surface area contributed by atoms with Crippen molar-refractivity contribution in [1.82, 2.24) is 15.0 Å². The fraction of sp³-hybridized carbons (Fsp3) is 0.350. The maximum absolute atomic E-state index is 4.70. The first-order chi connectivity index (χ1) is 12.9. The molecular formula is C20H23N5S. The lowest BCUT2D eigenvalue weighted by atomic mass is 9.95. The molecule has 0 bridgehead atoms. The third kappa shape index (κ3) is 4.38. The van der Waals surface area contributed by atoms with Crippen LogP contribution in [0.4, 0.5) is 11.8 Å². The van der Waals surface area contributed by atoms with E-state index in [4.69, 9.17) is 4.98 Å². The Kier molecular flexibility index (Phi) is 5.40. The summed E-state index contributed by atoms with van der Waals surface area (Å²) in [6.07, 6.45) is 8.23. The Bertz CT molecular complexity index is 827. The van der Waals surface area contributed by atoms with Crippen LogP contribution in [0.25, 0.3) is 10.6 Å². The molecule has 4 rings (SSSR count). The summed E-state index contributed by atoms with van der Waals surface area (Å²) in [5, 5.41) is 9.95. The van der Waals surface area contributed by atoms with Crippen molar-refractivity contribution < 1.29 is 0 Å². The molecule has 0 radical (unpaired) electrons. The third-order valence-corrected chi connectivity index (χ3v) is 5.55. The molecule has 3 aromatic rings. The van der Waals surface area contributed by atoms with E-state index < -0.39 is 0 Å². The number of nitrogens with zero attached hydrogens (tertiary/aromatic N) is 3. The molecule has 0 amide bonds. The molecule has 0 atom stereocenters. The number of nitrogens with one attached hydrogen (secondary N) is 2. The predicted octanol–water partition coefficient (Wildman–Crippen LogP) is 4.96. The smallest absolute Gasteiger partial charge is 0.224 e. The standard InChI is InChI=1S/C20H23N5S/c1-3-7-15(8-4-1)19-24-17(14-26-19)13-22-20-21-12-11-18(25-20)23-16-9-5-2-6-10-16/h1,3-4,7-8,11-12,14,16H,2,5-6,9-10,13H2,(H2,21,22,23,25). The second kappa shape index (κ2) is 8.27. The van der Waals surface area contributed by atoms with Gasteiger partial charge in [0.15, 0.2) is 0 Å². The highest BCUT2D eigenvalue weighted by molar-refractivity contribution is 7.13. The van der Waals surface area contributed by atoms with E-state index in [0.29, 0.717) is 18.5 Å². The summed E-state index contributed by atoms with van der Waals surface area (Å²) in [7, 11) is 0. The van der Waals surface area contributed by atoms with Gasteiger partial charge < -0.3 is 10.6 Å². The summed E-state index contributed by atoms with van der Waals surface area (Å²) in [6.45, 7) is 0.621. The van der Waals surface area contributed by atoms with Crippen LogP contribution in [0.1, 0.15) is 37.8 Å². The van der Waals surface area contributed by atoms with E-state index in [2.05, 4.69) is 38.1 Å². The Morgan fingerprint density at radius 1 is 1.00 bits per heavy atom. The zero-order valence-electron chi connectivity index (χ0n) is 14.7. The summed E-state index contributed by atoms with van der Waals surface area (Å²) >= 11 is 1.66. The van der Waals surface area contributed by atoms with E-state index in [1.807, 2.05) is 24.3 Å². The molecule has 2 aromatic heterocycles. The molecule has 1 saturated carbocycles. The highest BCUT2D eigenvalue weighted by atomic mass is 32.1. The minimum Gasteiger partial charge on any atom is -0.367 e. The molecule has 26 heavy (non-hydrogen) atoms. The van der Waals surface area contributed by atoms with Crippen LogP contribution in [0.2, 0.25) is 0 Å². The predicted molar refractivity (Wildman–Crippen MR) is 107 cm³/mol. The number of rotatable bonds is 6. The summed E-state index contributed by atoms with van der Waals surface area (Å²) in [4.78, 5) is 13.6. The first-order valence-corrected chi connectivity index (χ1v) is 10.1. The summed E-state index contributed by atoms with van der Waals surface area (Å²) < 4.78 is 0. The monoisotopic (exact) mass is 365 g/mol. The average Bonchev–Trinajstić information content (AvgIpc) is 3.17. The van der Waals surface area contributed by atoms with Crippen molar-refractivity contribution in [3.05, 3.63) is 53.7 Å². The zero-order chi connectivity index (χ0) is 17.6. The van der Waals surface area contributed by atoms with Gasteiger partial charge in [-0.2, -0.15) is 4.98 Å². The highest BCUT2D eigenvalue weighted by Gasteiger charge is 2.13. The van der Waals surface area contributed by atoms with Gasteiger partial charge in [-0.1, -0.05) is 49.6 Å². The highest BCUT2D eigenvalue weighted by Crippen LogP contribution is 2.24. The minimum atomic E-state index is 0.540. The average molecular weight is 366 g/mol. The van der Waals surface area contributed by atoms with Crippen LogP contribution < -0.4 is 10.6 Å². The van der Waals surface area contributed by atoms with Crippen LogP contribution >= 0.6 is 11.3 Å². The molecule has 1 aliphatic rings. The maximum Gasteiger partial charge on any atom is 0.224 e. The molecule has 1 aromatic carbocycles. The Labute approximate surface area is 157 Å². The van der Waals surface area contributed by atoms with E-state index >= 15 is 0 Å². The molecule has 5 nitrogen and oxygen atoms in total. The first-order valence-electron chi connectivity index (χ1n) is 9.20. The largest absolute Gasteiger partial charge is 0.367 e. The molecule has 2 heterocycles. The quantitative estimate of drug-likeness (QED) is 0.647. The number of aromatic nitrogens is 3. The summed E-state index contributed by atoms with van der Waals surface area (Å²) in [6, 6.07) is 12.7. The van der Waals surface area contributed by atoms with Crippen molar-refractivity contribution in [3.8, 4) is 10.6 Å². The SMILES string of the molecule is c1ccc(-c2nc(CNc3nccc(NC4CCCCC4)n3)cs2)cc1. The van der Waals surface area contributed by atoms with Gasteiger partial charge in [-0.3, -0.25) is 0 Å². The van der Waals surface area contributed by atoms with Gasteiger partial charge in [-0.25, -0.2) is 9.97 Å². The lowest BCUT2D eigenvalue weighted by Crippen LogP contribution is -2.23. The van der Waals surface area contributed by atoms with E-state index in [1.165, 1.54) is 32.1 Å². The van der Waals surface area contributed by atoms with Crippen molar-refractivity contribution >= 4 is 23.1 Å². The zero-order valence-corrected chi connectivity index (χ0v) is 15.5. The van der Waals surface area contributed by atoms with Gasteiger partial charge in [0.2, 0.25) is 5.95 Å². The van der Waals surface area contributed by atoms with Crippen LogP contribution in [-0.2, 0) is 6.54 Å². The Morgan fingerprint density at radius 3 is 2.69 bits per heavy atom. The number of hydrogen-bond acceptors (Lipinski definition) is 6. The normalized spacial score (nSPS) is 14.9. The number of thiazole rings is 1. The molecular weight excluding hydrogens is 342 g/mol. The van der Waals surface area contributed by atoms with Gasteiger partial charge in [0.05, 0.1) is 12.2 Å². The molecule has 134 valence electrons. The summed E-state index contributed by atoms with van der Waals surface area (Å²) in [5.74, 6) is 1.54. The Balaban J connectivity index is 1.36. The lowest BCUT2D eigenvalue weighted by Gasteiger charge is -2.23. The molecule has 0 aliphatic heterocycles. The molecule has 2 N–H and O–H groups in total. The minimum absolute atomic E-state index is 0.540. The van der Waals surface area contributed by atoms with Crippen molar-refractivity contribution in [2.24, 2.45) is 0 Å². The second-order valence-corrected chi connectivity index (χ2v) is 7.47. The van der Waals surface area contributed by atoms with Gasteiger partial charge in [-0.05, 0) is 18.9 Å².